The molecule has 2 aliphatic rings. The van der Waals surface area contributed by atoms with E-state index in [1.165, 1.54) is 18.3 Å². The first kappa shape index (κ1) is 23.7. The van der Waals surface area contributed by atoms with Crippen LogP contribution in [0.25, 0.3) is 11.3 Å². The molecule has 0 radical (unpaired) electrons. The van der Waals surface area contributed by atoms with E-state index in [9.17, 15) is 22.4 Å². The molecule has 32 heavy (non-hydrogen) atoms. The lowest BCUT2D eigenvalue weighted by atomic mass is 9.93. The number of carbonyl (C=O) groups excluding carboxylic acids is 1. The first-order valence-corrected chi connectivity index (χ1v) is 10.5. The monoisotopic (exact) mass is 453 g/mol. The Bertz CT molecular complexity index is 974. The smallest absolute Gasteiger partial charge is 0.329 e. The van der Waals surface area contributed by atoms with Crippen molar-refractivity contribution in [3.63, 3.8) is 0 Å². The molecule has 2 saturated heterocycles. The molecular weight excluding hydrogens is 426 g/mol. The normalized spacial score (nSPS) is 21.3. The van der Waals surface area contributed by atoms with Gasteiger partial charge in [0.15, 0.2) is 0 Å². The van der Waals surface area contributed by atoms with E-state index in [-0.39, 0.29) is 17.6 Å². The molecule has 0 bridgehead atoms. The predicted molar refractivity (Wildman–Crippen MR) is 114 cm³/mol. The van der Waals surface area contributed by atoms with Gasteiger partial charge in [-0.15, -0.1) is 0 Å². The third-order valence-electron chi connectivity index (χ3n) is 5.66. The Labute approximate surface area is 184 Å². The summed E-state index contributed by atoms with van der Waals surface area (Å²) in [6.45, 7) is 6.33. The van der Waals surface area contributed by atoms with Crippen molar-refractivity contribution in [2.45, 2.75) is 38.0 Å². The topological polar surface area (TPSA) is 54.3 Å². The van der Waals surface area contributed by atoms with Gasteiger partial charge in [-0.1, -0.05) is 20.4 Å². The van der Waals surface area contributed by atoms with E-state index in [1.54, 1.807) is 28.9 Å². The highest BCUT2D eigenvalue weighted by Gasteiger charge is 2.63. The van der Waals surface area contributed by atoms with Gasteiger partial charge in [0.1, 0.15) is 5.82 Å². The SMILES string of the molecule is C=CC(=O)N1CCC(c2cnc(N3CC(F)(F)C(F)(F)C3)cc2-c2ccn(C)n2)C1.CC. The van der Waals surface area contributed by atoms with Crippen molar-refractivity contribution in [1.82, 2.24) is 19.7 Å². The molecule has 0 aliphatic carbocycles. The molecule has 174 valence electrons. The van der Waals surface area contributed by atoms with E-state index in [2.05, 4.69) is 16.7 Å². The summed E-state index contributed by atoms with van der Waals surface area (Å²) in [6.07, 6.45) is 5.22. The van der Waals surface area contributed by atoms with Crippen LogP contribution in [0.1, 0.15) is 31.7 Å². The Hall–Kier alpha value is -2.91. The van der Waals surface area contributed by atoms with Crippen molar-refractivity contribution in [1.29, 1.82) is 0 Å². The van der Waals surface area contributed by atoms with E-state index in [4.69, 9.17) is 0 Å². The number of alkyl halides is 4. The summed E-state index contributed by atoms with van der Waals surface area (Å²) in [5.74, 6) is -8.38. The zero-order valence-corrected chi connectivity index (χ0v) is 18.4. The Morgan fingerprint density at radius 1 is 1.22 bits per heavy atom. The van der Waals surface area contributed by atoms with Crippen LogP contribution >= 0.6 is 0 Å². The number of aromatic nitrogens is 3. The number of aryl methyl sites for hydroxylation is 1. The molecule has 0 spiro atoms. The van der Waals surface area contributed by atoms with Gasteiger partial charge in [0.05, 0.1) is 18.8 Å². The molecule has 4 rings (SSSR count). The summed E-state index contributed by atoms with van der Waals surface area (Å²) < 4.78 is 56.3. The predicted octanol–water partition coefficient (Wildman–Crippen LogP) is 4.10. The van der Waals surface area contributed by atoms with Crippen LogP contribution in [0.4, 0.5) is 23.4 Å². The van der Waals surface area contributed by atoms with Crippen LogP contribution in [-0.2, 0) is 11.8 Å². The molecule has 0 N–H and O–H groups in total. The number of pyridine rings is 1. The van der Waals surface area contributed by atoms with Gasteiger partial charge in [-0.3, -0.25) is 9.48 Å². The maximum Gasteiger partial charge on any atom is 0.329 e. The molecule has 2 aliphatic heterocycles. The van der Waals surface area contributed by atoms with E-state index in [0.29, 0.717) is 30.8 Å². The second-order valence-electron chi connectivity index (χ2n) is 7.74. The van der Waals surface area contributed by atoms with Crippen LogP contribution in [0.3, 0.4) is 0 Å². The molecule has 4 heterocycles. The number of halogens is 4. The molecular formula is C22H27F4N5O. The number of amides is 1. The number of hydrogen-bond donors (Lipinski definition) is 0. The summed E-state index contributed by atoms with van der Waals surface area (Å²) >= 11 is 0. The van der Waals surface area contributed by atoms with Gasteiger partial charge in [-0.05, 0) is 30.2 Å². The fraction of sp³-hybridized carbons (Fsp3) is 0.500. The van der Waals surface area contributed by atoms with Gasteiger partial charge in [0, 0.05) is 44.0 Å². The Morgan fingerprint density at radius 2 is 1.88 bits per heavy atom. The summed E-state index contributed by atoms with van der Waals surface area (Å²) in [7, 11) is 1.74. The molecule has 2 aromatic rings. The summed E-state index contributed by atoms with van der Waals surface area (Å²) in [5.41, 5.74) is 2.02. The quantitative estimate of drug-likeness (QED) is 0.517. The van der Waals surface area contributed by atoms with Crippen molar-refractivity contribution >= 4 is 11.7 Å². The minimum absolute atomic E-state index is 0.0334. The van der Waals surface area contributed by atoms with Crippen LogP contribution in [0, 0.1) is 0 Å². The molecule has 2 aromatic heterocycles. The summed E-state index contributed by atoms with van der Waals surface area (Å²) in [6, 6.07) is 3.30. The van der Waals surface area contributed by atoms with E-state index in [1.807, 2.05) is 13.8 Å². The second kappa shape index (κ2) is 8.91. The second-order valence-corrected chi connectivity index (χ2v) is 7.74. The highest BCUT2D eigenvalue weighted by Crippen LogP contribution is 2.43. The molecule has 6 nitrogen and oxygen atoms in total. The van der Waals surface area contributed by atoms with E-state index >= 15 is 0 Å². The standard InChI is InChI=1S/C20H21F4N5O.C2H6/c1-3-18(30)28-7-4-13(10-28)15-9-25-17(8-14(15)16-5-6-27(2)26-16)29-11-19(21,22)20(23,24)12-29;1-2/h3,5-6,8-9,13H,1,4,7,10-12H2,2H3;1-2H3. The van der Waals surface area contributed by atoms with Crippen molar-refractivity contribution in [2.24, 2.45) is 7.05 Å². The zero-order valence-electron chi connectivity index (χ0n) is 18.4. The molecule has 10 heteroatoms. The fourth-order valence-electron chi connectivity index (χ4n) is 4.01. The number of nitrogens with zero attached hydrogens (tertiary/aromatic N) is 5. The third kappa shape index (κ3) is 4.35. The first-order valence-electron chi connectivity index (χ1n) is 10.5. The molecule has 1 atom stereocenters. The average Bonchev–Trinajstić information content (AvgIpc) is 3.47. The van der Waals surface area contributed by atoms with Gasteiger partial charge >= 0.3 is 11.8 Å². The van der Waals surface area contributed by atoms with Crippen molar-refractivity contribution in [2.75, 3.05) is 31.1 Å². The van der Waals surface area contributed by atoms with Crippen LogP contribution in [0.2, 0.25) is 0 Å². The third-order valence-corrected chi connectivity index (χ3v) is 5.66. The highest BCUT2D eigenvalue weighted by molar-refractivity contribution is 5.87. The minimum Gasteiger partial charge on any atom is -0.344 e. The van der Waals surface area contributed by atoms with Crippen molar-refractivity contribution in [3.8, 4) is 11.3 Å². The van der Waals surface area contributed by atoms with Crippen molar-refractivity contribution < 1.29 is 22.4 Å². The molecule has 0 aromatic carbocycles. The number of rotatable bonds is 4. The lowest BCUT2D eigenvalue weighted by Gasteiger charge is -2.20. The van der Waals surface area contributed by atoms with Gasteiger partial charge in [0.25, 0.3) is 0 Å². The summed E-state index contributed by atoms with van der Waals surface area (Å²) in [4.78, 5) is 18.7. The molecule has 0 saturated carbocycles. The zero-order chi connectivity index (χ0) is 23.7. The molecule has 2 fully saturated rings. The largest absolute Gasteiger partial charge is 0.344 e. The van der Waals surface area contributed by atoms with E-state index in [0.717, 1.165) is 10.5 Å². The van der Waals surface area contributed by atoms with Gasteiger partial charge < -0.3 is 9.80 Å². The minimum atomic E-state index is -4.12. The van der Waals surface area contributed by atoms with Crippen molar-refractivity contribution in [3.05, 3.63) is 42.7 Å². The van der Waals surface area contributed by atoms with Crippen LogP contribution in [-0.4, -0.2) is 63.6 Å². The fourth-order valence-corrected chi connectivity index (χ4v) is 4.01. The average molecular weight is 453 g/mol. The van der Waals surface area contributed by atoms with Crippen LogP contribution in [0.15, 0.2) is 37.2 Å². The van der Waals surface area contributed by atoms with Gasteiger partial charge in [-0.2, -0.15) is 22.7 Å². The van der Waals surface area contributed by atoms with Crippen LogP contribution < -0.4 is 4.90 Å². The van der Waals surface area contributed by atoms with Crippen LogP contribution in [0.5, 0.6) is 0 Å². The lowest BCUT2D eigenvalue weighted by molar-refractivity contribution is -0.172. The Morgan fingerprint density at radius 3 is 2.44 bits per heavy atom. The van der Waals surface area contributed by atoms with Gasteiger partial charge in [0.2, 0.25) is 5.91 Å². The Balaban J connectivity index is 0.00000141. The van der Waals surface area contributed by atoms with E-state index < -0.39 is 24.9 Å². The number of anilines is 1. The maximum atomic E-state index is 13.7. The molecule has 1 amide bonds. The number of carbonyl (C=O) groups is 1. The maximum absolute atomic E-state index is 13.7. The number of likely N-dealkylation sites (tertiary alicyclic amines) is 1. The molecule has 1 unspecified atom stereocenters. The van der Waals surface area contributed by atoms with Gasteiger partial charge in [-0.25, -0.2) is 4.98 Å². The lowest BCUT2D eigenvalue weighted by Crippen LogP contribution is -2.38. The number of hydrogen-bond acceptors (Lipinski definition) is 4. The Kier molecular flexibility index (Phi) is 6.61. The first-order chi connectivity index (χ1) is 15.1. The summed E-state index contributed by atoms with van der Waals surface area (Å²) in [5, 5.41) is 4.39. The highest BCUT2D eigenvalue weighted by atomic mass is 19.3.